The second kappa shape index (κ2) is 7.54. The van der Waals surface area contributed by atoms with Crippen LogP contribution in [0.3, 0.4) is 0 Å². The molecule has 0 aliphatic carbocycles. The van der Waals surface area contributed by atoms with Gasteiger partial charge in [-0.15, -0.1) is 16.4 Å². The van der Waals surface area contributed by atoms with Gasteiger partial charge in [0.2, 0.25) is 0 Å². The van der Waals surface area contributed by atoms with Crippen LogP contribution in [-0.4, -0.2) is 26.3 Å². The van der Waals surface area contributed by atoms with Crippen molar-refractivity contribution in [2.75, 3.05) is 5.75 Å². The van der Waals surface area contributed by atoms with E-state index in [1.54, 1.807) is 15.9 Å². The molecule has 0 aliphatic heterocycles. The number of carbonyl (C=O) groups excluding carboxylic acids is 1. The highest BCUT2D eigenvalue weighted by Crippen LogP contribution is 2.28. The van der Waals surface area contributed by atoms with Crippen molar-refractivity contribution < 1.29 is 4.79 Å². The molecule has 4 aromatic rings. The number of nitrogens with one attached hydrogen (secondary N) is 1. The van der Waals surface area contributed by atoms with E-state index in [1.165, 1.54) is 11.8 Å². The van der Waals surface area contributed by atoms with Gasteiger partial charge in [0.05, 0.1) is 11.8 Å². The molecule has 1 atom stereocenters. The first-order valence-electron chi connectivity index (χ1n) is 8.49. The first-order chi connectivity index (χ1) is 13.1. The summed E-state index contributed by atoms with van der Waals surface area (Å²) in [5.74, 6) is 0.263. The lowest BCUT2D eigenvalue weighted by atomic mass is 10.1. The van der Waals surface area contributed by atoms with Crippen molar-refractivity contribution in [3.05, 3.63) is 81.6 Å². The molecule has 5 nitrogen and oxygen atoms in total. The number of hydrogen-bond donors (Lipinski definition) is 1. The first-order valence-corrected chi connectivity index (χ1v) is 10.4. The highest BCUT2D eigenvalue weighted by Gasteiger charge is 2.19. The van der Waals surface area contributed by atoms with Crippen molar-refractivity contribution in [3.8, 4) is 0 Å². The maximum Gasteiger partial charge on any atom is 0.344 e. The fourth-order valence-electron chi connectivity index (χ4n) is 3.02. The van der Waals surface area contributed by atoms with E-state index in [0.717, 1.165) is 21.2 Å². The van der Waals surface area contributed by atoms with Crippen molar-refractivity contribution in [3.63, 3.8) is 0 Å². The lowest BCUT2D eigenvalue weighted by Crippen LogP contribution is -2.22. The number of hydrogen-bond acceptors (Lipinski definition) is 5. The number of H-pyrrole nitrogens is 1. The van der Waals surface area contributed by atoms with Crippen molar-refractivity contribution >= 4 is 39.0 Å². The molecule has 0 radical (unpaired) electrons. The predicted octanol–water partition coefficient (Wildman–Crippen LogP) is 4.37. The maximum atomic E-state index is 12.7. The number of benzene rings is 2. The van der Waals surface area contributed by atoms with Gasteiger partial charge in [0, 0.05) is 21.0 Å². The Morgan fingerprint density at radius 1 is 1.19 bits per heavy atom. The monoisotopic (exact) mass is 395 g/mol. The molecule has 0 amide bonds. The maximum absolute atomic E-state index is 12.7. The van der Waals surface area contributed by atoms with E-state index in [4.69, 9.17) is 0 Å². The van der Waals surface area contributed by atoms with Gasteiger partial charge in [-0.05, 0) is 18.6 Å². The van der Waals surface area contributed by atoms with E-state index in [1.807, 2.05) is 66.9 Å². The summed E-state index contributed by atoms with van der Waals surface area (Å²) in [6, 6.07) is 17.5. The molecule has 7 heteroatoms. The van der Waals surface area contributed by atoms with Crippen LogP contribution in [0.5, 0.6) is 0 Å². The zero-order valence-electron chi connectivity index (χ0n) is 14.6. The van der Waals surface area contributed by atoms with E-state index < -0.39 is 0 Å². The molecule has 0 fully saturated rings. The Hall–Kier alpha value is -2.64. The SMILES string of the molecule is C[C@@H](c1ccccc1)n1c(SCC(=O)c2csc3ccccc23)n[nH]c1=O. The van der Waals surface area contributed by atoms with Crippen molar-refractivity contribution in [2.24, 2.45) is 0 Å². The normalized spacial score (nSPS) is 12.3. The molecule has 0 spiro atoms. The van der Waals surface area contributed by atoms with Crippen LogP contribution >= 0.6 is 23.1 Å². The summed E-state index contributed by atoms with van der Waals surface area (Å²) in [6.07, 6.45) is 0. The highest BCUT2D eigenvalue weighted by molar-refractivity contribution is 7.99. The van der Waals surface area contributed by atoms with Crippen LogP contribution < -0.4 is 5.69 Å². The Bertz CT molecular complexity index is 1140. The molecule has 0 unspecified atom stereocenters. The van der Waals surface area contributed by atoms with Gasteiger partial charge < -0.3 is 0 Å². The molecule has 1 N–H and O–H groups in total. The third-order valence-corrected chi connectivity index (χ3v) is 6.37. The van der Waals surface area contributed by atoms with Crippen LogP contribution in [0.15, 0.2) is 69.9 Å². The average molecular weight is 396 g/mol. The van der Waals surface area contributed by atoms with Crippen LogP contribution in [0, 0.1) is 0 Å². The van der Waals surface area contributed by atoms with Crippen molar-refractivity contribution in [1.82, 2.24) is 14.8 Å². The van der Waals surface area contributed by atoms with E-state index in [2.05, 4.69) is 10.2 Å². The third kappa shape index (κ3) is 3.48. The Balaban J connectivity index is 1.56. The zero-order chi connectivity index (χ0) is 18.8. The largest absolute Gasteiger partial charge is 0.344 e. The van der Waals surface area contributed by atoms with E-state index in [-0.39, 0.29) is 23.3 Å². The number of Topliss-reactive ketones (excluding diaryl/α,β-unsaturated/α-hetero) is 1. The quantitative estimate of drug-likeness (QED) is 0.389. The molecular weight excluding hydrogens is 378 g/mol. The van der Waals surface area contributed by atoms with Gasteiger partial charge in [-0.1, -0.05) is 60.3 Å². The summed E-state index contributed by atoms with van der Waals surface area (Å²) in [5.41, 5.74) is 1.46. The fraction of sp³-hybridized carbons (Fsp3) is 0.150. The van der Waals surface area contributed by atoms with Gasteiger partial charge in [0.15, 0.2) is 10.9 Å². The van der Waals surface area contributed by atoms with E-state index in [0.29, 0.717) is 5.16 Å². The van der Waals surface area contributed by atoms with Gasteiger partial charge in [0.1, 0.15) is 0 Å². The Morgan fingerprint density at radius 3 is 2.74 bits per heavy atom. The number of thiophene rings is 1. The van der Waals surface area contributed by atoms with Gasteiger partial charge >= 0.3 is 5.69 Å². The molecule has 4 rings (SSSR count). The van der Waals surface area contributed by atoms with Crippen LogP contribution in [-0.2, 0) is 0 Å². The lowest BCUT2D eigenvalue weighted by molar-refractivity contribution is 0.102. The standard InChI is InChI=1S/C20H17N3O2S2/c1-13(14-7-3-2-4-8-14)23-19(25)21-22-20(23)27-12-17(24)16-11-26-18-10-6-5-9-15(16)18/h2-11,13H,12H2,1H3,(H,21,25)/t13-/m0/s1. The van der Waals surface area contributed by atoms with E-state index in [9.17, 15) is 9.59 Å². The topological polar surface area (TPSA) is 67.8 Å². The number of nitrogens with zero attached hydrogens (tertiary/aromatic N) is 2. The summed E-state index contributed by atoms with van der Waals surface area (Å²) >= 11 is 2.85. The smallest absolute Gasteiger partial charge is 0.293 e. The number of carbonyl (C=O) groups is 1. The minimum absolute atomic E-state index is 0.0341. The van der Waals surface area contributed by atoms with Crippen LogP contribution in [0.4, 0.5) is 0 Å². The first kappa shape index (κ1) is 17.8. The summed E-state index contributed by atoms with van der Waals surface area (Å²) in [7, 11) is 0. The number of fused-ring (bicyclic) bond motifs is 1. The summed E-state index contributed by atoms with van der Waals surface area (Å²) in [5, 5.41) is 10.0. The Morgan fingerprint density at radius 2 is 1.93 bits per heavy atom. The van der Waals surface area contributed by atoms with Crippen LogP contribution in [0.2, 0.25) is 0 Å². The molecule has 0 saturated carbocycles. The minimum atomic E-state index is -0.276. The molecule has 136 valence electrons. The number of rotatable bonds is 6. The molecule has 2 aromatic heterocycles. The second-order valence-electron chi connectivity index (χ2n) is 6.13. The minimum Gasteiger partial charge on any atom is -0.293 e. The molecule has 27 heavy (non-hydrogen) atoms. The summed E-state index contributed by atoms with van der Waals surface area (Å²) in [4.78, 5) is 25.0. The van der Waals surface area contributed by atoms with Crippen LogP contribution in [0.25, 0.3) is 10.1 Å². The summed E-state index contributed by atoms with van der Waals surface area (Å²) < 4.78 is 2.69. The number of ketones is 1. The average Bonchev–Trinajstić information content (AvgIpc) is 3.30. The molecule has 0 saturated heterocycles. The Labute approximate surface area is 164 Å². The lowest BCUT2D eigenvalue weighted by Gasteiger charge is -2.14. The van der Waals surface area contributed by atoms with Crippen molar-refractivity contribution in [2.45, 2.75) is 18.1 Å². The van der Waals surface area contributed by atoms with Crippen molar-refractivity contribution in [1.29, 1.82) is 0 Å². The van der Waals surface area contributed by atoms with Crippen LogP contribution in [0.1, 0.15) is 28.9 Å². The number of aromatic nitrogens is 3. The Kier molecular flexibility index (Phi) is 4.96. The van der Waals surface area contributed by atoms with Gasteiger partial charge in [0.25, 0.3) is 0 Å². The van der Waals surface area contributed by atoms with Gasteiger partial charge in [-0.25, -0.2) is 9.89 Å². The second-order valence-corrected chi connectivity index (χ2v) is 7.98. The number of aromatic amines is 1. The third-order valence-electron chi connectivity index (χ3n) is 4.46. The predicted molar refractivity (Wildman–Crippen MR) is 110 cm³/mol. The molecular formula is C20H17N3O2S2. The zero-order valence-corrected chi connectivity index (χ0v) is 16.2. The van der Waals surface area contributed by atoms with Gasteiger partial charge in [-0.2, -0.15) is 0 Å². The molecule has 2 heterocycles. The summed E-state index contributed by atoms with van der Waals surface area (Å²) in [6.45, 7) is 1.95. The number of thioether (sulfide) groups is 1. The molecule has 0 aliphatic rings. The molecule has 0 bridgehead atoms. The fourth-order valence-corrected chi connectivity index (χ4v) is 4.89. The highest BCUT2D eigenvalue weighted by atomic mass is 32.2. The van der Waals surface area contributed by atoms with Gasteiger partial charge in [-0.3, -0.25) is 9.36 Å². The molecule has 2 aromatic carbocycles. The van der Waals surface area contributed by atoms with E-state index >= 15 is 0 Å².